The van der Waals surface area contributed by atoms with E-state index >= 15 is 0 Å². The van der Waals surface area contributed by atoms with Gasteiger partial charge in [-0.25, -0.2) is 0 Å². The van der Waals surface area contributed by atoms with Crippen LogP contribution in [-0.2, 0) is 4.74 Å². The smallest absolute Gasteiger partial charge is 0.188 e. The van der Waals surface area contributed by atoms with Crippen molar-refractivity contribution in [3.05, 3.63) is 34.9 Å². The number of guanidine groups is 1. The number of benzene rings is 1. The number of hydrogen-bond donors (Lipinski definition) is 2. The number of nitrogens with two attached hydrogens (primary N) is 1. The van der Waals surface area contributed by atoms with E-state index in [1.165, 1.54) is 0 Å². The zero-order valence-electron chi connectivity index (χ0n) is 12.1. The monoisotopic (exact) mass is 424 g/mol. The summed E-state index contributed by atoms with van der Waals surface area (Å²) in [7, 11) is 1.67. The van der Waals surface area contributed by atoms with Gasteiger partial charge in [0.1, 0.15) is 0 Å². The average Bonchev–Trinajstić information content (AvgIpc) is 2.50. The first-order valence-corrected chi connectivity index (χ1v) is 7.12. The number of halogens is 2. The van der Waals surface area contributed by atoms with Crippen molar-refractivity contribution >= 4 is 41.5 Å². The molecule has 0 aliphatic carbocycles. The second kappa shape index (κ2) is 9.45. The molecule has 0 saturated carbocycles. The van der Waals surface area contributed by atoms with Gasteiger partial charge in [-0.3, -0.25) is 9.89 Å². The summed E-state index contributed by atoms with van der Waals surface area (Å²) < 4.78 is 5.42. The highest BCUT2D eigenvalue weighted by atomic mass is 127. The normalized spacial score (nSPS) is 17.9. The number of aliphatic imine (C=N–C) groups is 1. The van der Waals surface area contributed by atoms with E-state index in [9.17, 15) is 0 Å². The van der Waals surface area contributed by atoms with E-state index in [1.54, 1.807) is 7.05 Å². The fraction of sp³-hybridized carbons (Fsp3) is 0.500. The van der Waals surface area contributed by atoms with Crippen molar-refractivity contribution in [1.82, 2.24) is 10.2 Å². The van der Waals surface area contributed by atoms with Gasteiger partial charge < -0.3 is 15.8 Å². The maximum atomic E-state index is 6.34. The molecular formula is C14H22ClIN4O. The summed E-state index contributed by atoms with van der Waals surface area (Å²) in [6.45, 7) is 3.95. The highest BCUT2D eigenvalue weighted by Gasteiger charge is 2.24. The summed E-state index contributed by atoms with van der Waals surface area (Å²) in [5.41, 5.74) is 6.83. The maximum absolute atomic E-state index is 6.34. The molecule has 0 amide bonds. The van der Waals surface area contributed by atoms with Crippen molar-refractivity contribution in [2.24, 2.45) is 10.7 Å². The van der Waals surface area contributed by atoms with Crippen LogP contribution in [0.5, 0.6) is 0 Å². The lowest BCUT2D eigenvalue weighted by molar-refractivity contribution is 0.0170. The fourth-order valence-electron chi connectivity index (χ4n) is 2.35. The van der Waals surface area contributed by atoms with E-state index in [2.05, 4.69) is 21.3 Å². The number of rotatable bonds is 4. The first kappa shape index (κ1) is 18.5. The van der Waals surface area contributed by atoms with Crippen LogP contribution in [0.15, 0.2) is 29.3 Å². The Hall–Kier alpha value is -0.570. The molecule has 1 atom stereocenters. The van der Waals surface area contributed by atoms with Gasteiger partial charge in [-0.05, 0) is 11.6 Å². The molecule has 5 nitrogen and oxygen atoms in total. The Morgan fingerprint density at radius 2 is 2.10 bits per heavy atom. The van der Waals surface area contributed by atoms with Crippen LogP contribution in [0.4, 0.5) is 0 Å². The van der Waals surface area contributed by atoms with Crippen LogP contribution in [0.25, 0.3) is 0 Å². The average molecular weight is 425 g/mol. The van der Waals surface area contributed by atoms with Crippen molar-refractivity contribution in [3.8, 4) is 0 Å². The standard InChI is InChI=1S/C14H21ClN4O.HI/c1-17-14(16)18-10-13(19-6-8-20-9-7-19)11-4-2-3-5-12(11)15;/h2-5,13H,6-10H2,1H3,(H3,16,17,18);1H. The Labute approximate surface area is 147 Å². The molecule has 1 aromatic carbocycles. The molecule has 1 aliphatic heterocycles. The van der Waals surface area contributed by atoms with Gasteiger partial charge in [-0.15, -0.1) is 24.0 Å². The van der Waals surface area contributed by atoms with Gasteiger partial charge in [-0.2, -0.15) is 0 Å². The number of hydrogen-bond acceptors (Lipinski definition) is 3. The zero-order valence-corrected chi connectivity index (χ0v) is 15.2. The Morgan fingerprint density at radius 3 is 2.71 bits per heavy atom. The maximum Gasteiger partial charge on any atom is 0.188 e. The van der Waals surface area contributed by atoms with Crippen molar-refractivity contribution in [1.29, 1.82) is 0 Å². The van der Waals surface area contributed by atoms with Gasteiger partial charge in [0.2, 0.25) is 0 Å². The third kappa shape index (κ3) is 5.28. The van der Waals surface area contributed by atoms with Crippen molar-refractivity contribution in [3.63, 3.8) is 0 Å². The first-order chi connectivity index (χ1) is 9.72. The minimum atomic E-state index is 0. The second-order valence-electron chi connectivity index (χ2n) is 4.68. The molecule has 1 fully saturated rings. The van der Waals surface area contributed by atoms with Gasteiger partial charge in [0.25, 0.3) is 0 Å². The SMILES string of the molecule is CN=C(N)NCC(c1ccccc1Cl)N1CCOCC1.I. The lowest BCUT2D eigenvalue weighted by Gasteiger charge is -2.35. The molecule has 1 saturated heterocycles. The molecule has 21 heavy (non-hydrogen) atoms. The second-order valence-corrected chi connectivity index (χ2v) is 5.08. The Bertz CT molecular complexity index is 466. The molecule has 7 heteroatoms. The summed E-state index contributed by atoms with van der Waals surface area (Å²) >= 11 is 6.34. The molecule has 1 unspecified atom stereocenters. The molecule has 1 heterocycles. The number of ether oxygens (including phenoxy) is 1. The Kier molecular flexibility index (Phi) is 8.31. The van der Waals surface area contributed by atoms with Crippen LogP contribution < -0.4 is 11.1 Å². The molecular weight excluding hydrogens is 403 g/mol. The topological polar surface area (TPSA) is 62.9 Å². The predicted molar refractivity (Wildman–Crippen MR) is 97.5 cm³/mol. The van der Waals surface area contributed by atoms with Crippen LogP contribution >= 0.6 is 35.6 Å². The van der Waals surface area contributed by atoms with Crippen molar-refractivity contribution in [2.45, 2.75) is 6.04 Å². The van der Waals surface area contributed by atoms with Crippen molar-refractivity contribution < 1.29 is 4.74 Å². The van der Waals surface area contributed by atoms with Gasteiger partial charge in [0.05, 0.1) is 19.3 Å². The largest absolute Gasteiger partial charge is 0.379 e. The minimum absolute atomic E-state index is 0. The lowest BCUT2D eigenvalue weighted by Crippen LogP contribution is -2.45. The Balaban J connectivity index is 0.00000220. The van der Waals surface area contributed by atoms with Crippen LogP contribution in [0.1, 0.15) is 11.6 Å². The third-order valence-corrected chi connectivity index (χ3v) is 3.81. The van der Waals surface area contributed by atoms with E-state index in [4.69, 9.17) is 22.1 Å². The van der Waals surface area contributed by atoms with E-state index < -0.39 is 0 Å². The van der Waals surface area contributed by atoms with E-state index in [0.29, 0.717) is 12.5 Å². The Morgan fingerprint density at radius 1 is 1.43 bits per heavy atom. The predicted octanol–water partition coefficient (Wildman–Crippen LogP) is 1.87. The first-order valence-electron chi connectivity index (χ1n) is 6.74. The molecule has 118 valence electrons. The molecule has 0 radical (unpaired) electrons. The summed E-state index contributed by atoms with van der Waals surface area (Å²) in [4.78, 5) is 6.29. The third-order valence-electron chi connectivity index (χ3n) is 3.47. The van der Waals surface area contributed by atoms with Gasteiger partial charge in [0, 0.05) is 31.7 Å². The lowest BCUT2D eigenvalue weighted by atomic mass is 10.0. The molecule has 1 aromatic rings. The van der Waals surface area contributed by atoms with Gasteiger partial charge in [-0.1, -0.05) is 29.8 Å². The molecule has 0 spiro atoms. The minimum Gasteiger partial charge on any atom is -0.379 e. The number of nitrogens with one attached hydrogen (secondary N) is 1. The summed E-state index contributed by atoms with van der Waals surface area (Å²) in [6, 6.07) is 8.09. The van der Waals surface area contributed by atoms with Crippen LogP contribution in [0, 0.1) is 0 Å². The van der Waals surface area contributed by atoms with Crippen molar-refractivity contribution in [2.75, 3.05) is 39.9 Å². The number of morpholine rings is 1. The van der Waals surface area contributed by atoms with Crippen LogP contribution in [0.2, 0.25) is 5.02 Å². The number of nitrogens with zero attached hydrogens (tertiary/aromatic N) is 2. The summed E-state index contributed by atoms with van der Waals surface area (Å²) in [5, 5.41) is 3.92. The van der Waals surface area contributed by atoms with E-state index in [0.717, 1.165) is 36.9 Å². The molecule has 0 aromatic heterocycles. The molecule has 3 N–H and O–H groups in total. The van der Waals surface area contributed by atoms with E-state index in [-0.39, 0.29) is 30.0 Å². The molecule has 0 bridgehead atoms. The zero-order chi connectivity index (χ0) is 14.4. The van der Waals surface area contributed by atoms with Gasteiger partial charge in [0.15, 0.2) is 5.96 Å². The summed E-state index contributed by atoms with van der Waals surface area (Å²) in [5.74, 6) is 0.440. The molecule has 1 aliphatic rings. The van der Waals surface area contributed by atoms with Crippen LogP contribution in [-0.4, -0.2) is 50.8 Å². The summed E-state index contributed by atoms with van der Waals surface area (Å²) in [6.07, 6.45) is 0. The quantitative estimate of drug-likeness (QED) is 0.440. The fourth-order valence-corrected chi connectivity index (χ4v) is 2.61. The highest BCUT2D eigenvalue weighted by Crippen LogP contribution is 2.27. The van der Waals surface area contributed by atoms with E-state index in [1.807, 2.05) is 18.2 Å². The van der Waals surface area contributed by atoms with Gasteiger partial charge >= 0.3 is 0 Å². The molecule has 2 rings (SSSR count). The van der Waals surface area contributed by atoms with Crippen LogP contribution in [0.3, 0.4) is 0 Å². The highest BCUT2D eigenvalue weighted by molar-refractivity contribution is 14.0.